The number of nitrogens with zero attached hydrogens (tertiary/aromatic N) is 4. The molecule has 2 N–H and O–H groups in total. The Balaban J connectivity index is 1.43. The van der Waals surface area contributed by atoms with Crippen LogP contribution in [-0.2, 0) is 11.2 Å². The highest BCUT2D eigenvalue weighted by Crippen LogP contribution is 2.26. The first kappa shape index (κ1) is 18.6. The minimum atomic E-state index is 0.636. The van der Waals surface area contributed by atoms with E-state index in [9.17, 15) is 0 Å². The number of morpholine rings is 1. The van der Waals surface area contributed by atoms with Crippen molar-refractivity contribution in [1.29, 1.82) is 0 Å². The van der Waals surface area contributed by atoms with Crippen LogP contribution in [-0.4, -0.2) is 52.8 Å². The number of benzene rings is 1. The number of aromatic nitrogens is 4. The van der Waals surface area contributed by atoms with E-state index in [0.717, 1.165) is 67.6 Å². The van der Waals surface area contributed by atoms with Crippen LogP contribution < -0.4 is 10.2 Å². The zero-order chi connectivity index (χ0) is 20.2. The summed E-state index contributed by atoms with van der Waals surface area (Å²) in [5.74, 6) is 1.56. The van der Waals surface area contributed by atoms with E-state index in [1.54, 1.807) is 0 Å². The van der Waals surface area contributed by atoms with Gasteiger partial charge < -0.3 is 19.9 Å². The van der Waals surface area contributed by atoms with Crippen molar-refractivity contribution in [3.8, 4) is 11.3 Å². The largest absolute Gasteiger partial charge is 0.378 e. The molecule has 7 heteroatoms. The molecule has 0 aliphatic carbocycles. The van der Waals surface area contributed by atoms with E-state index in [0.29, 0.717) is 5.95 Å². The summed E-state index contributed by atoms with van der Waals surface area (Å²) in [6, 6.07) is 16.5. The Morgan fingerprint density at radius 3 is 2.83 bits per heavy atom. The number of nitrogens with one attached hydrogen (secondary N) is 2. The first-order valence-corrected chi connectivity index (χ1v) is 10.3. The van der Waals surface area contributed by atoms with Gasteiger partial charge in [-0.25, -0.2) is 4.98 Å². The lowest BCUT2D eigenvalue weighted by Gasteiger charge is -2.28. The molecule has 152 valence electrons. The summed E-state index contributed by atoms with van der Waals surface area (Å²) in [5, 5.41) is 4.58. The molecule has 1 aromatic carbocycles. The zero-order valence-electron chi connectivity index (χ0n) is 16.7. The van der Waals surface area contributed by atoms with Crippen molar-refractivity contribution in [1.82, 2.24) is 19.9 Å². The van der Waals surface area contributed by atoms with Crippen LogP contribution in [0.5, 0.6) is 0 Å². The van der Waals surface area contributed by atoms with Crippen LogP contribution in [0, 0.1) is 0 Å². The zero-order valence-corrected chi connectivity index (χ0v) is 16.7. The summed E-state index contributed by atoms with van der Waals surface area (Å²) in [7, 11) is 0. The summed E-state index contributed by atoms with van der Waals surface area (Å²) in [6.07, 6.45) is 4.59. The number of H-pyrrole nitrogens is 1. The summed E-state index contributed by atoms with van der Waals surface area (Å²) in [6.45, 7) is 3.82. The molecule has 0 unspecified atom stereocenters. The van der Waals surface area contributed by atoms with Gasteiger partial charge in [-0.15, -0.1) is 0 Å². The van der Waals surface area contributed by atoms with Gasteiger partial charge in [0.15, 0.2) is 0 Å². The van der Waals surface area contributed by atoms with Crippen molar-refractivity contribution in [2.75, 3.05) is 43.1 Å². The molecule has 3 aromatic heterocycles. The number of hydrogen-bond donors (Lipinski definition) is 2. The van der Waals surface area contributed by atoms with Gasteiger partial charge in [0.1, 0.15) is 5.82 Å². The number of pyridine rings is 1. The van der Waals surface area contributed by atoms with Crippen molar-refractivity contribution in [3.05, 3.63) is 66.6 Å². The standard InChI is InChI=1S/C23H24N6O/c1-2-8-24-19(3-1)7-10-26-23-27-21(16-22(28-23)29-11-13-30-14-12-29)18-5-4-17-6-9-25-20(17)15-18/h1-6,8-9,15-16,25H,7,10-14H2,(H,26,27,28). The number of ether oxygens (including phenoxy) is 1. The number of hydrogen-bond acceptors (Lipinski definition) is 6. The van der Waals surface area contributed by atoms with E-state index >= 15 is 0 Å². The average Bonchev–Trinajstić information content (AvgIpc) is 3.28. The monoisotopic (exact) mass is 400 g/mol. The smallest absolute Gasteiger partial charge is 0.225 e. The summed E-state index contributed by atoms with van der Waals surface area (Å²) >= 11 is 0. The first-order chi connectivity index (χ1) is 14.8. The Hall–Kier alpha value is -3.45. The Labute approximate surface area is 175 Å². The molecule has 1 aliphatic rings. The molecular weight excluding hydrogens is 376 g/mol. The Bertz CT molecular complexity index is 1120. The maximum Gasteiger partial charge on any atom is 0.225 e. The number of anilines is 2. The van der Waals surface area contributed by atoms with Crippen LogP contribution in [0.25, 0.3) is 22.2 Å². The molecule has 5 rings (SSSR count). The Kier molecular flexibility index (Phi) is 5.26. The molecule has 30 heavy (non-hydrogen) atoms. The van der Waals surface area contributed by atoms with E-state index in [-0.39, 0.29) is 0 Å². The second-order valence-electron chi connectivity index (χ2n) is 7.31. The third kappa shape index (κ3) is 4.11. The van der Waals surface area contributed by atoms with Crippen LogP contribution in [0.15, 0.2) is 60.9 Å². The first-order valence-electron chi connectivity index (χ1n) is 10.3. The normalized spacial score (nSPS) is 14.2. The van der Waals surface area contributed by atoms with Gasteiger partial charge in [0.25, 0.3) is 0 Å². The number of aromatic amines is 1. The second-order valence-corrected chi connectivity index (χ2v) is 7.31. The molecule has 0 saturated carbocycles. The molecule has 0 radical (unpaired) electrons. The second kappa shape index (κ2) is 8.51. The van der Waals surface area contributed by atoms with Crippen molar-refractivity contribution in [2.45, 2.75) is 6.42 Å². The van der Waals surface area contributed by atoms with E-state index in [4.69, 9.17) is 14.7 Å². The third-order valence-corrected chi connectivity index (χ3v) is 5.29. The van der Waals surface area contributed by atoms with Gasteiger partial charge in [0, 0.05) is 61.3 Å². The molecule has 1 aliphatic heterocycles. The maximum atomic E-state index is 5.51. The lowest BCUT2D eigenvalue weighted by molar-refractivity contribution is 0.122. The summed E-state index contributed by atoms with van der Waals surface area (Å²) < 4.78 is 5.51. The predicted octanol–water partition coefficient (Wildman–Crippen LogP) is 3.51. The fourth-order valence-corrected chi connectivity index (χ4v) is 3.67. The lowest BCUT2D eigenvalue weighted by Crippen LogP contribution is -2.37. The fraction of sp³-hybridized carbons (Fsp3) is 0.261. The van der Waals surface area contributed by atoms with Crippen LogP contribution in [0.2, 0.25) is 0 Å². The topological polar surface area (TPSA) is 79.0 Å². The highest BCUT2D eigenvalue weighted by Gasteiger charge is 2.16. The van der Waals surface area contributed by atoms with Crippen molar-refractivity contribution in [2.24, 2.45) is 0 Å². The van der Waals surface area contributed by atoms with E-state index in [1.165, 1.54) is 5.39 Å². The minimum Gasteiger partial charge on any atom is -0.378 e. The number of fused-ring (bicyclic) bond motifs is 1. The predicted molar refractivity (Wildman–Crippen MR) is 119 cm³/mol. The van der Waals surface area contributed by atoms with Crippen LogP contribution in [0.1, 0.15) is 5.69 Å². The SMILES string of the molecule is c1ccc(CCNc2nc(-c3ccc4cc[nH]c4c3)cc(N3CCOCC3)n2)nc1. The van der Waals surface area contributed by atoms with E-state index < -0.39 is 0 Å². The summed E-state index contributed by atoms with van der Waals surface area (Å²) in [4.78, 5) is 19.5. The number of rotatable bonds is 6. The molecule has 4 aromatic rings. The molecule has 7 nitrogen and oxygen atoms in total. The van der Waals surface area contributed by atoms with Crippen molar-refractivity contribution >= 4 is 22.7 Å². The minimum absolute atomic E-state index is 0.636. The van der Waals surface area contributed by atoms with Gasteiger partial charge >= 0.3 is 0 Å². The highest BCUT2D eigenvalue weighted by molar-refractivity contribution is 5.84. The van der Waals surface area contributed by atoms with Crippen LogP contribution >= 0.6 is 0 Å². The fourth-order valence-electron chi connectivity index (χ4n) is 3.67. The van der Waals surface area contributed by atoms with Gasteiger partial charge in [0.05, 0.1) is 18.9 Å². The van der Waals surface area contributed by atoms with Gasteiger partial charge in [-0.1, -0.05) is 18.2 Å². The van der Waals surface area contributed by atoms with E-state index in [2.05, 4.69) is 50.5 Å². The van der Waals surface area contributed by atoms with Crippen molar-refractivity contribution in [3.63, 3.8) is 0 Å². The molecule has 4 heterocycles. The average molecular weight is 400 g/mol. The molecule has 1 saturated heterocycles. The molecule has 0 atom stereocenters. The van der Waals surface area contributed by atoms with Gasteiger partial charge in [-0.05, 0) is 29.7 Å². The molecule has 0 bridgehead atoms. The van der Waals surface area contributed by atoms with Crippen LogP contribution in [0.4, 0.5) is 11.8 Å². The van der Waals surface area contributed by atoms with Gasteiger partial charge in [0.2, 0.25) is 5.95 Å². The quantitative estimate of drug-likeness (QED) is 0.516. The molecule has 0 spiro atoms. The maximum absolute atomic E-state index is 5.51. The van der Waals surface area contributed by atoms with Gasteiger partial charge in [-0.2, -0.15) is 4.98 Å². The molecule has 1 fully saturated rings. The van der Waals surface area contributed by atoms with Crippen LogP contribution in [0.3, 0.4) is 0 Å². The van der Waals surface area contributed by atoms with Crippen molar-refractivity contribution < 1.29 is 4.74 Å². The Morgan fingerprint density at radius 2 is 1.97 bits per heavy atom. The lowest BCUT2D eigenvalue weighted by atomic mass is 10.1. The van der Waals surface area contributed by atoms with Gasteiger partial charge in [-0.3, -0.25) is 4.98 Å². The third-order valence-electron chi connectivity index (χ3n) is 5.29. The summed E-state index contributed by atoms with van der Waals surface area (Å²) in [5.41, 5.74) is 4.12. The Morgan fingerprint density at radius 1 is 1.03 bits per heavy atom. The molecule has 0 amide bonds. The van der Waals surface area contributed by atoms with E-state index in [1.807, 2.05) is 30.6 Å². The molecular formula is C23H24N6O. The highest BCUT2D eigenvalue weighted by atomic mass is 16.5.